The second-order valence-electron chi connectivity index (χ2n) is 9.55. The number of sulfone groups is 1. The highest BCUT2D eigenvalue weighted by Crippen LogP contribution is 2.24. The largest absolute Gasteiger partial charge is 0.462 e. The lowest BCUT2D eigenvalue weighted by molar-refractivity contribution is 0.0521. The summed E-state index contributed by atoms with van der Waals surface area (Å²) >= 11 is 6.11. The van der Waals surface area contributed by atoms with Gasteiger partial charge in [-0.25, -0.2) is 17.6 Å². The Morgan fingerprint density at radius 2 is 1.63 bits per heavy atom. The SMILES string of the molecule is CCOC(=O)c1ccc(S(=O)(=O)c2ccc(CCN(Cc3ccccc3)C[C@@H](O)c3cccc(Cl)c3)cc2)cc1F. The third-order valence-electron chi connectivity index (χ3n) is 6.61. The molecule has 0 aromatic heterocycles. The molecule has 0 aliphatic rings. The van der Waals surface area contributed by atoms with Crippen LogP contribution in [0.15, 0.2) is 107 Å². The van der Waals surface area contributed by atoms with Gasteiger partial charge in [0.25, 0.3) is 0 Å². The molecule has 9 heteroatoms. The fourth-order valence-electron chi connectivity index (χ4n) is 4.44. The van der Waals surface area contributed by atoms with Crippen LogP contribution in [0.25, 0.3) is 0 Å². The van der Waals surface area contributed by atoms with Crippen LogP contribution in [-0.2, 0) is 27.5 Å². The van der Waals surface area contributed by atoms with Crippen LogP contribution in [-0.4, -0.2) is 44.1 Å². The highest BCUT2D eigenvalue weighted by molar-refractivity contribution is 7.91. The number of aliphatic hydroxyl groups is 1. The standard InChI is InChI=1S/C32H31ClFNO5S/c1-2-40-32(37)29-16-15-28(20-30(29)34)41(38,39)27-13-11-23(12-14-27)17-18-35(21-24-7-4-3-5-8-24)22-31(36)25-9-6-10-26(33)19-25/h3-16,19-20,31,36H,2,17-18,21-22H2,1H3/t31-/m1/s1. The quantitative estimate of drug-likeness (QED) is 0.194. The van der Waals surface area contributed by atoms with Gasteiger partial charge in [-0.15, -0.1) is 0 Å². The van der Waals surface area contributed by atoms with Gasteiger partial charge in [0.2, 0.25) is 9.84 Å². The molecule has 0 aliphatic heterocycles. The Labute approximate surface area is 244 Å². The van der Waals surface area contributed by atoms with Crippen LogP contribution in [0.3, 0.4) is 0 Å². The van der Waals surface area contributed by atoms with Gasteiger partial charge in [-0.2, -0.15) is 0 Å². The summed E-state index contributed by atoms with van der Waals surface area (Å²) in [6, 6.07) is 26.7. The van der Waals surface area contributed by atoms with Crippen molar-refractivity contribution in [3.8, 4) is 0 Å². The highest BCUT2D eigenvalue weighted by Gasteiger charge is 2.22. The maximum Gasteiger partial charge on any atom is 0.341 e. The second kappa shape index (κ2) is 13.9. The number of aliphatic hydroxyl groups excluding tert-OH is 1. The van der Waals surface area contributed by atoms with Crippen molar-refractivity contribution in [2.24, 2.45) is 0 Å². The van der Waals surface area contributed by atoms with Crippen molar-refractivity contribution in [3.05, 3.63) is 130 Å². The van der Waals surface area contributed by atoms with Crippen molar-refractivity contribution < 1.29 is 27.4 Å². The first-order valence-corrected chi connectivity index (χ1v) is 15.0. The summed E-state index contributed by atoms with van der Waals surface area (Å²) in [5.74, 6) is -1.81. The van der Waals surface area contributed by atoms with E-state index in [1.807, 2.05) is 36.4 Å². The molecule has 1 N–H and O–H groups in total. The first-order valence-electron chi connectivity index (χ1n) is 13.2. The Bertz CT molecular complexity index is 1580. The normalized spacial score (nSPS) is 12.3. The number of hydrogen-bond donors (Lipinski definition) is 1. The van der Waals surface area contributed by atoms with E-state index < -0.39 is 27.7 Å². The number of nitrogens with zero attached hydrogens (tertiary/aromatic N) is 1. The number of ether oxygens (including phenoxy) is 1. The highest BCUT2D eigenvalue weighted by atomic mass is 35.5. The van der Waals surface area contributed by atoms with E-state index >= 15 is 0 Å². The summed E-state index contributed by atoms with van der Waals surface area (Å²) in [6.07, 6.45) is -0.126. The maximum atomic E-state index is 14.5. The molecule has 0 bridgehead atoms. The topological polar surface area (TPSA) is 83.9 Å². The minimum atomic E-state index is -4.00. The number of esters is 1. The van der Waals surface area contributed by atoms with Crippen LogP contribution in [0.2, 0.25) is 5.02 Å². The molecule has 0 fully saturated rings. The van der Waals surface area contributed by atoms with Crippen LogP contribution in [0, 0.1) is 5.82 Å². The average molecular weight is 596 g/mol. The molecule has 0 amide bonds. The van der Waals surface area contributed by atoms with Crippen molar-refractivity contribution in [1.82, 2.24) is 4.90 Å². The number of hydrogen-bond acceptors (Lipinski definition) is 6. The third-order valence-corrected chi connectivity index (χ3v) is 8.61. The van der Waals surface area contributed by atoms with Crippen molar-refractivity contribution in [2.75, 3.05) is 19.7 Å². The van der Waals surface area contributed by atoms with E-state index in [-0.39, 0.29) is 22.0 Å². The lowest BCUT2D eigenvalue weighted by atomic mass is 10.1. The molecule has 1 atom stereocenters. The molecule has 0 saturated heterocycles. The third kappa shape index (κ3) is 8.01. The summed E-state index contributed by atoms with van der Waals surface area (Å²) < 4.78 is 45.5. The van der Waals surface area contributed by atoms with Crippen molar-refractivity contribution in [1.29, 1.82) is 0 Å². The molecule has 0 unspecified atom stereocenters. The van der Waals surface area contributed by atoms with Crippen molar-refractivity contribution >= 4 is 27.4 Å². The summed E-state index contributed by atoms with van der Waals surface area (Å²) in [4.78, 5) is 13.8. The van der Waals surface area contributed by atoms with E-state index in [4.69, 9.17) is 16.3 Å². The van der Waals surface area contributed by atoms with E-state index in [1.165, 1.54) is 18.2 Å². The van der Waals surface area contributed by atoms with Gasteiger partial charge in [-0.05, 0) is 72.5 Å². The average Bonchev–Trinajstić information content (AvgIpc) is 2.96. The molecule has 214 valence electrons. The van der Waals surface area contributed by atoms with E-state index in [2.05, 4.69) is 4.90 Å². The molecule has 0 aliphatic carbocycles. The van der Waals surface area contributed by atoms with Gasteiger partial charge in [-0.1, -0.05) is 66.2 Å². The molecule has 4 aromatic carbocycles. The van der Waals surface area contributed by atoms with Gasteiger partial charge < -0.3 is 9.84 Å². The Morgan fingerprint density at radius 3 is 2.29 bits per heavy atom. The first-order chi connectivity index (χ1) is 19.7. The van der Waals surface area contributed by atoms with E-state index in [0.29, 0.717) is 31.1 Å². The van der Waals surface area contributed by atoms with Crippen LogP contribution < -0.4 is 0 Å². The van der Waals surface area contributed by atoms with Gasteiger partial charge in [-0.3, -0.25) is 4.90 Å². The van der Waals surface area contributed by atoms with E-state index in [1.54, 1.807) is 37.3 Å². The van der Waals surface area contributed by atoms with Crippen LogP contribution in [0.1, 0.15) is 40.1 Å². The molecular formula is C32H31ClFNO5S. The Balaban J connectivity index is 1.46. The predicted molar refractivity (Wildman–Crippen MR) is 156 cm³/mol. The first kappa shape index (κ1) is 30.4. The maximum absolute atomic E-state index is 14.5. The molecule has 4 rings (SSSR count). The lowest BCUT2D eigenvalue weighted by Gasteiger charge is -2.25. The lowest BCUT2D eigenvalue weighted by Crippen LogP contribution is -2.30. The zero-order valence-corrected chi connectivity index (χ0v) is 24.1. The molecule has 0 radical (unpaired) electrons. The van der Waals surface area contributed by atoms with Crippen molar-refractivity contribution in [2.45, 2.75) is 35.8 Å². The van der Waals surface area contributed by atoms with Crippen LogP contribution >= 0.6 is 11.6 Å². The van der Waals surface area contributed by atoms with Crippen LogP contribution in [0.4, 0.5) is 4.39 Å². The number of benzene rings is 4. The van der Waals surface area contributed by atoms with Gasteiger partial charge in [0.1, 0.15) is 5.82 Å². The summed E-state index contributed by atoms with van der Waals surface area (Å²) in [7, 11) is -4.00. The molecule has 0 spiro atoms. The fourth-order valence-corrected chi connectivity index (χ4v) is 5.91. The molecule has 6 nitrogen and oxygen atoms in total. The molecule has 4 aromatic rings. The van der Waals surface area contributed by atoms with Gasteiger partial charge in [0.15, 0.2) is 0 Å². The molecule has 0 heterocycles. The predicted octanol–water partition coefficient (Wildman–Crippen LogP) is 6.27. The van der Waals surface area contributed by atoms with Gasteiger partial charge in [0.05, 0.1) is 28.1 Å². The molecule has 0 saturated carbocycles. The van der Waals surface area contributed by atoms with Crippen molar-refractivity contribution in [3.63, 3.8) is 0 Å². The second-order valence-corrected chi connectivity index (χ2v) is 11.9. The van der Waals surface area contributed by atoms with Gasteiger partial charge >= 0.3 is 5.97 Å². The Morgan fingerprint density at radius 1 is 0.927 bits per heavy atom. The number of halogens is 2. The van der Waals surface area contributed by atoms with Crippen LogP contribution in [0.5, 0.6) is 0 Å². The summed E-state index contributed by atoms with van der Waals surface area (Å²) in [6.45, 7) is 3.30. The number of rotatable bonds is 12. The number of carbonyl (C=O) groups is 1. The minimum absolute atomic E-state index is 0.0158. The zero-order valence-electron chi connectivity index (χ0n) is 22.5. The van der Waals surface area contributed by atoms with Gasteiger partial charge in [0, 0.05) is 24.7 Å². The summed E-state index contributed by atoms with van der Waals surface area (Å²) in [5, 5.41) is 11.5. The molecule has 41 heavy (non-hydrogen) atoms. The molecular weight excluding hydrogens is 565 g/mol. The Hall–Kier alpha value is -3.56. The Kier molecular flexibility index (Phi) is 10.3. The number of carbonyl (C=O) groups excluding carboxylic acids is 1. The minimum Gasteiger partial charge on any atom is -0.462 e. The zero-order chi connectivity index (χ0) is 29.4. The van der Waals surface area contributed by atoms with E-state index in [0.717, 1.165) is 28.8 Å². The van der Waals surface area contributed by atoms with E-state index in [9.17, 15) is 22.7 Å². The monoisotopic (exact) mass is 595 g/mol. The summed E-state index contributed by atoms with van der Waals surface area (Å²) in [5.41, 5.74) is 2.43. The smallest absolute Gasteiger partial charge is 0.341 e. The fraction of sp³-hybridized carbons (Fsp3) is 0.219.